The molecule has 1 fully saturated rings. The van der Waals surface area contributed by atoms with E-state index in [1.807, 2.05) is 0 Å². The lowest BCUT2D eigenvalue weighted by Gasteiger charge is -2.18. The Kier molecular flexibility index (Phi) is 2.62. The van der Waals surface area contributed by atoms with Gasteiger partial charge in [-0.15, -0.1) is 0 Å². The van der Waals surface area contributed by atoms with Crippen LogP contribution in [0.2, 0.25) is 0 Å². The number of imide groups is 1. The Balaban J connectivity index is 2.56. The number of likely N-dealkylation sites (N-methyl/N-ethyl adjacent to an activating group) is 1. The second-order valence-corrected chi connectivity index (χ2v) is 2.94. The van der Waals surface area contributed by atoms with Crippen molar-refractivity contribution < 1.29 is 19.5 Å². The summed E-state index contributed by atoms with van der Waals surface area (Å²) in [5, 5.41) is 10.5. The van der Waals surface area contributed by atoms with Crippen LogP contribution in [0.15, 0.2) is 0 Å². The topological polar surface area (TPSA) is 86.7 Å². The Bertz CT molecular complexity index is 263. The first-order chi connectivity index (χ1) is 6.00. The van der Waals surface area contributed by atoms with Crippen LogP contribution in [0.3, 0.4) is 0 Å². The van der Waals surface area contributed by atoms with Gasteiger partial charge in [-0.1, -0.05) is 0 Å². The highest BCUT2D eigenvalue weighted by Gasteiger charge is 2.34. The molecule has 6 nitrogen and oxygen atoms in total. The number of nitrogens with one attached hydrogen (secondary N) is 1. The molecule has 6 heteroatoms. The predicted octanol–water partition coefficient (Wildman–Crippen LogP) is -1.58. The van der Waals surface area contributed by atoms with Crippen LogP contribution in [0.25, 0.3) is 0 Å². The first kappa shape index (κ1) is 9.66. The van der Waals surface area contributed by atoms with E-state index < -0.39 is 17.9 Å². The van der Waals surface area contributed by atoms with Gasteiger partial charge < -0.3 is 5.11 Å². The largest absolute Gasteiger partial charge is 0.480 e. The Morgan fingerprint density at radius 1 is 1.69 bits per heavy atom. The Hall–Kier alpha value is -1.43. The van der Waals surface area contributed by atoms with Crippen LogP contribution in [-0.2, 0) is 14.4 Å². The molecule has 1 aliphatic rings. The number of carbonyl (C=O) groups is 3. The maximum Gasteiger partial charge on any atom is 0.317 e. The maximum atomic E-state index is 11.0. The first-order valence-electron chi connectivity index (χ1n) is 3.76. The highest BCUT2D eigenvalue weighted by atomic mass is 16.4. The van der Waals surface area contributed by atoms with Crippen molar-refractivity contribution in [2.75, 3.05) is 13.6 Å². The van der Waals surface area contributed by atoms with Crippen LogP contribution < -0.4 is 5.32 Å². The van der Waals surface area contributed by atoms with Gasteiger partial charge in [-0.05, 0) is 7.05 Å². The minimum absolute atomic E-state index is 0.0443. The molecule has 0 saturated carbocycles. The van der Waals surface area contributed by atoms with Gasteiger partial charge in [0.25, 0.3) is 0 Å². The number of carboxylic acid groups (broad SMARTS) is 1. The standard InChI is InChI=1S/C7H10N2O4/c1-9(3-6(11)12)4-2-5(10)8-7(4)13/h4H,2-3H2,1H3,(H,11,12)(H,8,10,13). The summed E-state index contributed by atoms with van der Waals surface area (Å²) in [6.45, 7) is -0.245. The highest BCUT2D eigenvalue weighted by molar-refractivity contribution is 6.05. The van der Waals surface area contributed by atoms with Crippen molar-refractivity contribution in [2.45, 2.75) is 12.5 Å². The fourth-order valence-corrected chi connectivity index (χ4v) is 1.22. The van der Waals surface area contributed by atoms with Gasteiger partial charge in [0.2, 0.25) is 11.8 Å². The molecule has 0 bridgehead atoms. The number of amides is 2. The van der Waals surface area contributed by atoms with Gasteiger partial charge in [-0.2, -0.15) is 0 Å². The molecule has 2 N–H and O–H groups in total. The molecule has 2 amide bonds. The zero-order valence-corrected chi connectivity index (χ0v) is 7.11. The lowest BCUT2D eigenvalue weighted by atomic mass is 10.2. The smallest absolute Gasteiger partial charge is 0.317 e. The van der Waals surface area contributed by atoms with Gasteiger partial charge in [0.1, 0.15) is 0 Å². The minimum atomic E-state index is -1.02. The van der Waals surface area contributed by atoms with Crippen LogP contribution >= 0.6 is 0 Å². The third kappa shape index (κ3) is 2.25. The second kappa shape index (κ2) is 3.53. The van der Waals surface area contributed by atoms with Crippen LogP contribution in [-0.4, -0.2) is 47.4 Å². The molecule has 1 unspecified atom stereocenters. The van der Waals surface area contributed by atoms with Crippen molar-refractivity contribution >= 4 is 17.8 Å². The van der Waals surface area contributed by atoms with E-state index in [0.29, 0.717) is 0 Å². The summed E-state index contributed by atoms with van der Waals surface area (Å²) < 4.78 is 0. The second-order valence-electron chi connectivity index (χ2n) is 2.94. The molecule has 1 atom stereocenters. The lowest BCUT2D eigenvalue weighted by molar-refractivity contribution is -0.139. The van der Waals surface area contributed by atoms with E-state index in [0.717, 1.165) is 0 Å². The number of hydrogen-bond donors (Lipinski definition) is 2. The quantitative estimate of drug-likeness (QED) is 0.519. The number of carbonyl (C=O) groups excluding carboxylic acids is 2. The highest BCUT2D eigenvalue weighted by Crippen LogP contribution is 2.08. The van der Waals surface area contributed by atoms with Crippen LogP contribution in [0.4, 0.5) is 0 Å². The summed E-state index contributed by atoms with van der Waals surface area (Å²) in [7, 11) is 1.50. The van der Waals surface area contributed by atoms with Gasteiger partial charge in [-0.25, -0.2) is 0 Å². The Morgan fingerprint density at radius 3 is 2.69 bits per heavy atom. The molecule has 0 spiro atoms. The zero-order chi connectivity index (χ0) is 10.0. The van der Waals surface area contributed by atoms with E-state index in [9.17, 15) is 14.4 Å². The number of hydrogen-bond acceptors (Lipinski definition) is 4. The molecule has 1 saturated heterocycles. The molecule has 0 aliphatic carbocycles. The summed E-state index contributed by atoms with van der Waals surface area (Å²) in [6.07, 6.45) is 0.0443. The molecule has 13 heavy (non-hydrogen) atoms. The lowest BCUT2D eigenvalue weighted by Crippen LogP contribution is -2.40. The summed E-state index contributed by atoms with van der Waals surface area (Å²) in [5.74, 6) is -1.80. The Morgan fingerprint density at radius 2 is 2.31 bits per heavy atom. The van der Waals surface area contributed by atoms with Crippen molar-refractivity contribution in [1.82, 2.24) is 10.2 Å². The molecular weight excluding hydrogens is 176 g/mol. The molecule has 0 aromatic rings. The normalized spacial score (nSPS) is 22.2. The maximum absolute atomic E-state index is 11.0. The molecule has 0 aromatic heterocycles. The van der Waals surface area contributed by atoms with E-state index in [1.54, 1.807) is 0 Å². The molecule has 0 radical (unpaired) electrons. The summed E-state index contributed by atoms with van der Waals surface area (Å²) in [6, 6.07) is -0.636. The predicted molar refractivity (Wildman–Crippen MR) is 41.8 cm³/mol. The fourth-order valence-electron chi connectivity index (χ4n) is 1.22. The number of carboxylic acids is 1. The SMILES string of the molecule is CN(CC(=O)O)C1CC(=O)NC1=O. The van der Waals surface area contributed by atoms with E-state index in [1.165, 1.54) is 11.9 Å². The third-order valence-electron chi connectivity index (χ3n) is 1.86. The monoisotopic (exact) mass is 186 g/mol. The molecule has 1 aliphatic heterocycles. The van der Waals surface area contributed by atoms with Crippen molar-refractivity contribution in [3.63, 3.8) is 0 Å². The molecule has 0 aromatic carbocycles. The van der Waals surface area contributed by atoms with Crippen LogP contribution in [0.1, 0.15) is 6.42 Å². The molecule has 72 valence electrons. The zero-order valence-electron chi connectivity index (χ0n) is 7.11. The number of aliphatic carboxylic acids is 1. The minimum Gasteiger partial charge on any atom is -0.480 e. The summed E-state index contributed by atoms with van der Waals surface area (Å²) >= 11 is 0. The van der Waals surface area contributed by atoms with Crippen molar-refractivity contribution in [1.29, 1.82) is 0 Å². The fraction of sp³-hybridized carbons (Fsp3) is 0.571. The van der Waals surface area contributed by atoms with E-state index in [4.69, 9.17) is 5.11 Å². The van der Waals surface area contributed by atoms with Gasteiger partial charge in [0.15, 0.2) is 0 Å². The third-order valence-corrected chi connectivity index (χ3v) is 1.86. The molecule has 1 rings (SSSR count). The van der Waals surface area contributed by atoms with Crippen molar-refractivity contribution in [2.24, 2.45) is 0 Å². The van der Waals surface area contributed by atoms with E-state index >= 15 is 0 Å². The van der Waals surface area contributed by atoms with E-state index in [-0.39, 0.29) is 18.9 Å². The van der Waals surface area contributed by atoms with Gasteiger partial charge >= 0.3 is 5.97 Å². The van der Waals surface area contributed by atoms with Gasteiger partial charge in [-0.3, -0.25) is 24.6 Å². The van der Waals surface area contributed by atoms with Gasteiger partial charge in [0.05, 0.1) is 19.0 Å². The van der Waals surface area contributed by atoms with Gasteiger partial charge in [0, 0.05) is 0 Å². The Labute approximate surface area is 74.5 Å². The van der Waals surface area contributed by atoms with Crippen LogP contribution in [0.5, 0.6) is 0 Å². The molecule has 1 heterocycles. The summed E-state index contributed by atoms with van der Waals surface area (Å²) in [5.41, 5.74) is 0. The van der Waals surface area contributed by atoms with Crippen molar-refractivity contribution in [3.8, 4) is 0 Å². The first-order valence-corrected chi connectivity index (χ1v) is 3.76. The van der Waals surface area contributed by atoms with E-state index in [2.05, 4.69) is 5.32 Å². The molecular formula is C7H10N2O4. The van der Waals surface area contributed by atoms with Crippen LogP contribution in [0, 0.1) is 0 Å². The summed E-state index contributed by atoms with van der Waals surface area (Å²) in [4.78, 5) is 33.4. The average Bonchev–Trinajstić information content (AvgIpc) is 2.28. The number of rotatable bonds is 3. The van der Waals surface area contributed by atoms with Crippen molar-refractivity contribution in [3.05, 3.63) is 0 Å². The number of nitrogens with zero attached hydrogens (tertiary/aromatic N) is 1. The average molecular weight is 186 g/mol.